The predicted octanol–water partition coefficient (Wildman–Crippen LogP) is 4.52. The fourth-order valence-corrected chi connectivity index (χ4v) is 3.19. The van der Waals surface area contributed by atoms with Gasteiger partial charge in [-0.15, -0.1) is 0 Å². The number of hydrogen-bond acceptors (Lipinski definition) is 2. The van der Waals surface area contributed by atoms with Gasteiger partial charge in [0.1, 0.15) is 6.04 Å². The molecule has 0 aliphatic rings. The first kappa shape index (κ1) is 22.0. The molecule has 2 atom stereocenters. The first-order valence-electron chi connectivity index (χ1n) is 9.70. The van der Waals surface area contributed by atoms with Crippen molar-refractivity contribution in [1.29, 1.82) is 0 Å². The van der Waals surface area contributed by atoms with Crippen LogP contribution in [0.25, 0.3) is 0 Å². The average Bonchev–Trinajstić information content (AvgIpc) is 2.65. The number of nitrogens with one attached hydrogen (secondary N) is 1. The molecule has 0 spiro atoms. The van der Waals surface area contributed by atoms with Gasteiger partial charge in [0.05, 0.1) is 6.42 Å². The number of carbonyl (C=O) groups excluding carboxylic acids is 2. The lowest BCUT2D eigenvalue weighted by Crippen LogP contribution is -2.49. The van der Waals surface area contributed by atoms with Crippen molar-refractivity contribution >= 4 is 23.4 Å². The van der Waals surface area contributed by atoms with E-state index in [1.807, 2.05) is 63.2 Å². The number of nitrogens with zero attached hydrogens (tertiary/aromatic N) is 1. The maximum Gasteiger partial charge on any atom is 0.242 e. The van der Waals surface area contributed by atoms with Crippen molar-refractivity contribution in [2.24, 2.45) is 0 Å². The van der Waals surface area contributed by atoms with Crippen LogP contribution in [-0.2, 0) is 22.6 Å². The molecule has 2 aromatic rings. The second-order valence-corrected chi connectivity index (χ2v) is 7.75. The van der Waals surface area contributed by atoms with Gasteiger partial charge in [0.2, 0.25) is 11.8 Å². The van der Waals surface area contributed by atoms with Crippen LogP contribution < -0.4 is 5.32 Å². The lowest BCUT2D eigenvalue weighted by molar-refractivity contribution is -0.140. The summed E-state index contributed by atoms with van der Waals surface area (Å²) < 4.78 is 0. The van der Waals surface area contributed by atoms with Crippen molar-refractivity contribution in [3.05, 3.63) is 70.2 Å². The van der Waals surface area contributed by atoms with Crippen LogP contribution in [0.15, 0.2) is 48.5 Å². The largest absolute Gasteiger partial charge is 0.352 e. The fourth-order valence-electron chi connectivity index (χ4n) is 2.98. The Hall–Kier alpha value is -2.33. The zero-order valence-electron chi connectivity index (χ0n) is 17.0. The number of benzene rings is 2. The van der Waals surface area contributed by atoms with Gasteiger partial charge in [-0.1, -0.05) is 60.5 Å². The number of halogens is 1. The van der Waals surface area contributed by atoms with Crippen molar-refractivity contribution < 1.29 is 9.59 Å². The van der Waals surface area contributed by atoms with Crippen LogP contribution in [0.5, 0.6) is 0 Å². The Kier molecular flexibility index (Phi) is 8.06. The molecule has 4 nitrogen and oxygen atoms in total. The molecule has 1 N–H and O–H groups in total. The molecule has 28 heavy (non-hydrogen) atoms. The third-order valence-corrected chi connectivity index (χ3v) is 5.08. The number of carbonyl (C=O) groups is 2. The fraction of sp³-hybridized carbons (Fsp3) is 0.391. The molecule has 0 unspecified atom stereocenters. The zero-order chi connectivity index (χ0) is 20.7. The molecular formula is C23H29ClN2O2. The molecule has 2 amide bonds. The molecule has 2 rings (SSSR count). The summed E-state index contributed by atoms with van der Waals surface area (Å²) in [6, 6.07) is 14.8. The van der Waals surface area contributed by atoms with Gasteiger partial charge in [-0.05, 0) is 50.5 Å². The molecule has 0 radical (unpaired) electrons. The second kappa shape index (κ2) is 10.3. The lowest BCUT2D eigenvalue weighted by atomic mass is 10.1. The highest BCUT2D eigenvalue weighted by Gasteiger charge is 2.26. The molecule has 0 fully saturated rings. The van der Waals surface area contributed by atoms with E-state index in [2.05, 4.69) is 5.32 Å². The Labute approximate surface area is 172 Å². The number of rotatable bonds is 8. The van der Waals surface area contributed by atoms with E-state index >= 15 is 0 Å². The van der Waals surface area contributed by atoms with Crippen LogP contribution in [0.2, 0.25) is 5.02 Å². The molecule has 0 bridgehead atoms. The highest BCUT2D eigenvalue weighted by molar-refractivity contribution is 6.30. The molecule has 2 aromatic carbocycles. The van der Waals surface area contributed by atoms with E-state index in [0.717, 1.165) is 23.1 Å². The molecule has 150 valence electrons. The summed E-state index contributed by atoms with van der Waals surface area (Å²) in [5.74, 6) is -0.230. The Balaban J connectivity index is 2.23. The molecule has 0 aliphatic carbocycles. The summed E-state index contributed by atoms with van der Waals surface area (Å²) in [5, 5.41) is 3.59. The minimum atomic E-state index is -0.578. The molecular weight excluding hydrogens is 372 g/mol. The third kappa shape index (κ3) is 6.38. The summed E-state index contributed by atoms with van der Waals surface area (Å²) in [5.41, 5.74) is 2.94. The van der Waals surface area contributed by atoms with E-state index in [1.165, 1.54) is 0 Å². The molecule has 0 aliphatic heterocycles. The van der Waals surface area contributed by atoms with E-state index in [4.69, 9.17) is 11.6 Å². The van der Waals surface area contributed by atoms with Gasteiger partial charge < -0.3 is 10.2 Å². The van der Waals surface area contributed by atoms with Crippen LogP contribution in [0, 0.1) is 6.92 Å². The maximum absolute atomic E-state index is 13.1. The van der Waals surface area contributed by atoms with Crippen molar-refractivity contribution in [2.75, 3.05) is 0 Å². The van der Waals surface area contributed by atoms with E-state index in [0.29, 0.717) is 11.6 Å². The maximum atomic E-state index is 13.1. The van der Waals surface area contributed by atoms with Crippen molar-refractivity contribution in [3.8, 4) is 0 Å². The highest BCUT2D eigenvalue weighted by Crippen LogP contribution is 2.16. The summed E-state index contributed by atoms with van der Waals surface area (Å²) in [7, 11) is 0. The Bertz CT molecular complexity index is 822. The Morgan fingerprint density at radius 2 is 1.75 bits per heavy atom. The van der Waals surface area contributed by atoms with E-state index in [1.54, 1.807) is 17.9 Å². The summed E-state index contributed by atoms with van der Waals surface area (Å²) in [6.45, 7) is 8.08. The SMILES string of the molecule is CC[C@H](C)NC(=O)[C@@H](C)N(Cc1cccc(Cl)c1)C(=O)Cc1cccc(C)c1. The summed E-state index contributed by atoms with van der Waals surface area (Å²) in [6.07, 6.45) is 1.09. The third-order valence-electron chi connectivity index (χ3n) is 4.85. The van der Waals surface area contributed by atoms with Gasteiger partial charge in [-0.25, -0.2) is 0 Å². The molecule has 0 aromatic heterocycles. The van der Waals surface area contributed by atoms with Crippen molar-refractivity contribution in [1.82, 2.24) is 10.2 Å². The van der Waals surface area contributed by atoms with E-state index < -0.39 is 6.04 Å². The van der Waals surface area contributed by atoms with Gasteiger partial charge in [0, 0.05) is 17.6 Å². The predicted molar refractivity (Wildman–Crippen MR) is 114 cm³/mol. The minimum absolute atomic E-state index is 0.0647. The molecule has 5 heteroatoms. The lowest BCUT2D eigenvalue weighted by Gasteiger charge is -2.30. The van der Waals surface area contributed by atoms with Gasteiger partial charge >= 0.3 is 0 Å². The monoisotopic (exact) mass is 400 g/mol. The van der Waals surface area contributed by atoms with Gasteiger partial charge in [0.25, 0.3) is 0 Å². The summed E-state index contributed by atoms with van der Waals surface area (Å²) >= 11 is 6.10. The van der Waals surface area contributed by atoms with Crippen LogP contribution in [0.4, 0.5) is 0 Å². The van der Waals surface area contributed by atoms with E-state index in [-0.39, 0.29) is 24.3 Å². The zero-order valence-corrected chi connectivity index (χ0v) is 17.8. The molecule has 0 saturated carbocycles. The van der Waals surface area contributed by atoms with Crippen LogP contribution in [0.3, 0.4) is 0 Å². The molecule has 0 saturated heterocycles. The topological polar surface area (TPSA) is 49.4 Å². The number of aryl methyl sites for hydroxylation is 1. The summed E-state index contributed by atoms with van der Waals surface area (Å²) in [4.78, 5) is 27.4. The second-order valence-electron chi connectivity index (χ2n) is 7.31. The van der Waals surface area contributed by atoms with Crippen LogP contribution in [0.1, 0.15) is 43.9 Å². The first-order valence-corrected chi connectivity index (χ1v) is 10.1. The highest BCUT2D eigenvalue weighted by atomic mass is 35.5. The quantitative estimate of drug-likeness (QED) is 0.708. The van der Waals surface area contributed by atoms with Crippen LogP contribution >= 0.6 is 11.6 Å². The standard InChI is InChI=1S/C23H29ClN2O2/c1-5-17(3)25-23(28)18(4)26(15-20-10-7-11-21(24)13-20)22(27)14-19-9-6-8-16(2)12-19/h6-13,17-18H,5,14-15H2,1-4H3,(H,25,28)/t17-,18+/m0/s1. The van der Waals surface area contributed by atoms with Crippen molar-refractivity contribution in [2.45, 2.75) is 59.2 Å². The Morgan fingerprint density at radius 1 is 1.07 bits per heavy atom. The number of amides is 2. The van der Waals surface area contributed by atoms with E-state index in [9.17, 15) is 9.59 Å². The van der Waals surface area contributed by atoms with Crippen molar-refractivity contribution in [3.63, 3.8) is 0 Å². The van der Waals surface area contributed by atoms with Gasteiger partial charge in [-0.3, -0.25) is 9.59 Å². The minimum Gasteiger partial charge on any atom is -0.352 e. The first-order chi connectivity index (χ1) is 13.3. The number of hydrogen-bond donors (Lipinski definition) is 1. The molecule has 0 heterocycles. The van der Waals surface area contributed by atoms with Crippen LogP contribution in [-0.4, -0.2) is 28.8 Å². The van der Waals surface area contributed by atoms with Gasteiger partial charge in [0.15, 0.2) is 0 Å². The normalized spacial score (nSPS) is 12.9. The average molecular weight is 401 g/mol. The smallest absolute Gasteiger partial charge is 0.242 e. The van der Waals surface area contributed by atoms with Gasteiger partial charge in [-0.2, -0.15) is 0 Å². The Morgan fingerprint density at radius 3 is 2.39 bits per heavy atom.